The maximum absolute atomic E-state index is 11.8. The summed E-state index contributed by atoms with van der Waals surface area (Å²) in [5.74, 6) is 0.138. The fourth-order valence-electron chi connectivity index (χ4n) is 1.84. The van der Waals surface area contributed by atoms with Gasteiger partial charge in [-0.15, -0.1) is 0 Å². The van der Waals surface area contributed by atoms with Gasteiger partial charge in [-0.05, 0) is 6.08 Å². The number of sulfone groups is 1. The first kappa shape index (κ1) is 12.5. The van der Waals surface area contributed by atoms with E-state index in [1.54, 1.807) is 0 Å². The number of carbonyl (C=O) groups is 1. The molecule has 1 aliphatic heterocycles. The maximum Gasteiger partial charge on any atom is 0.320 e. The van der Waals surface area contributed by atoms with Gasteiger partial charge in [0.1, 0.15) is 11.8 Å². The van der Waals surface area contributed by atoms with Crippen LogP contribution in [0, 0.1) is 0 Å². The molecule has 0 fully saturated rings. The van der Waals surface area contributed by atoms with Gasteiger partial charge >= 0.3 is 6.03 Å². The van der Waals surface area contributed by atoms with E-state index in [4.69, 9.17) is 0 Å². The third kappa shape index (κ3) is 2.45. The summed E-state index contributed by atoms with van der Waals surface area (Å²) >= 11 is 0. The summed E-state index contributed by atoms with van der Waals surface area (Å²) in [4.78, 5) is 26.4. The first-order valence-corrected chi connectivity index (χ1v) is 7.37. The lowest BCUT2D eigenvalue weighted by molar-refractivity contribution is 0.251. The summed E-state index contributed by atoms with van der Waals surface area (Å²) in [6.45, 7) is 0. The Bertz CT molecular complexity index is 796. The largest absolute Gasteiger partial charge is 0.340 e. The Morgan fingerprint density at radius 2 is 2.20 bits per heavy atom. The van der Waals surface area contributed by atoms with Crippen LogP contribution in [0.1, 0.15) is 0 Å². The average Bonchev–Trinajstić information content (AvgIpc) is 2.96. The number of hydrogen-bond donors (Lipinski definition) is 3. The smallest absolute Gasteiger partial charge is 0.320 e. The van der Waals surface area contributed by atoms with Crippen LogP contribution >= 0.6 is 0 Å². The van der Waals surface area contributed by atoms with Crippen molar-refractivity contribution in [2.75, 3.05) is 11.1 Å². The molecule has 0 aromatic carbocycles. The number of fused-ring (bicyclic) bond motifs is 1. The van der Waals surface area contributed by atoms with Gasteiger partial charge in [0.15, 0.2) is 21.3 Å². The minimum absolute atomic E-state index is 0.135. The van der Waals surface area contributed by atoms with Crippen molar-refractivity contribution in [1.82, 2.24) is 25.3 Å². The Hall–Kier alpha value is -2.49. The van der Waals surface area contributed by atoms with Crippen LogP contribution in [0.25, 0.3) is 11.2 Å². The topological polar surface area (TPSA) is 130 Å². The molecule has 0 saturated carbocycles. The minimum Gasteiger partial charge on any atom is -0.340 e. The van der Waals surface area contributed by atoms with Gasteiger partial charge in [-0.2, -0.15) is 0 Å². The number of nitrogens with one attached hydrogen (secondary N) is 3. The summed E-state index contributed by atoms with van der Waals surface area (Å²) in [5.41, 5.74) is 0.927. The number of aromatic nitrogens is 4. The van der Waals surface area contributed by atoms with Gasteiger partial charge in [0.05, 0.1) is 18.1 Å². The zero-order chi connectivity index (χ0) is 14.2. The zero-order valence-corrected chi connectivity index (χ0v) is 10.9. The lowest BCUT2D eigenvalue weighted by Gasteiger charge is -2.10. The first-order chi connectivity index (χ1) is 9.53. The SMILES string of the molecule is O=C(Nc1ncnc2nc[nH]c12)N[C@@H]1C=CS(=O)(=O)C1. The molecule has 2 aromatic heterocycles. The second kappa shape index (κ2) is 4.56. The van der Waals surface area contributed by atoms with Crippen molar-refractivity contribution >= 4 is 32.9 Å². The molecule has 3 heterocycles. The van der Waals surface area contributed by atoms with Gasteiger partial charge in [-0.3, -0.25) is 5.32 Å². The number of imidazole rings is 1. The number of amides is 2. The monoisotopic (exact) mass is 294 g/mol. The highest BCUT2D eigenvalue weighted by Gasteiger charge is 2.23. The second-order valence-corrected chi connectivity index (χ2v) is 6.12. The van der Waals surface area contributed by atoms with E-state index in [2.05, 4.69) is 30.6 Å². The van der Waals surface area contributed by atoms with Crippen LogP contribution in [0.2, 0.25) is 0 Å². The van der Waals surface area contributed by atoms with E-state index in [0.29, 0.717) is 11.2 Å². The molecule has 0 spiro atoms. The molecule has 104 valence electrons. The standard InChI is InChI=1S/C10H10N6O3S/c17-10(15-6-1-2-20(18,19)3-6)16-9-7-8(12-4-11-7)13-5-14-9/h1-2,4-6H,3H2,(H3,11,12,13,14,15,16,17)/t6-/m1/s1. The lowest BCUT2D eigenvalue weighted by Crippen LogP contribution is -2.38. The molecule has 9 nitrogen and oxygen atoms in total. The Balaban J connectivity index is 1.71. The maximum atomic E-state index is 11.8. The van der Waals surface area contributed by atoms with E-state index >= 15 is 0 Å². The predicted molar refractivity (Wildman–Crippen MR) is 70.6 cm³/mol. The number of carbonyl (C=O) groups excluding carboxylic acids is 1. The van der Waals surface area contributed by atoms with Crippen LogP contribution in [0.15, 0.2) is 24.1 Å². The van der Waals surface area contributed by atoms with Crippen molar-refractivity contribution < 1.29 is 13.2 Å². The van der Waals surface area contributed by atoms with Crippen molar-refractivity contribution in [2.24, 2.45) is 0 Å². The molecule has 3 N–H and O–H groups in total. The number of urea groups is 1. The lowest BCUT2D eigenvalue weighted by atomic mass is 10.3. The van der Waals surface area contributed by atoms with Crippen LogP contribution in [-0.4, -0.2) is 46.2 Å². The number of anilines is 1. The highest BCUT2D eigenvalue weighted by Crippen LogP contribution is 2.14. The van der Waals surface area contributed by atoms with E-state index in [9.17, 15) is 13.2 Å². The first-order valence-electron chi connectivity index (χ1n) is 5.66. The third-order valence-corrected chi connectivity index (χ3v) is 4.10. The Kier molecular flexibility index (Phi) is 2.86. The van der Waals surface area contributed by atoms with Gasteiger partial charge in [-0.1, -0.05) is 0 Å². The van der Waals surface area contributed by atoms with Crippen molar-refractivity contribution in [3.63, 3.8) is 0 Å². The number of nitrogens with zero attached hydrogens (tertiary/aromatic N) is 3. The Morgan fingerprint density at radius 1 is 1.35 bits per heavy atom. The highest BCUT2D eigenvalue weighted by molar-refractivity contribution is 7.94. The molecule has 2 aromatic rings. The van der Waals surface area contributed by atoms with E-state index in [1.807, 2.05) is 0 Å². The third-order valence-electron chi connectivity index (χ3n) is 2.70. The predicted octanol–water partition coefficient (Wildman–Crippen LogP) is -0.215. The normalized spacial score (nSPS) is 20.1. The molecule has 0 bridgehead atoms. The minimum atomic E-state index is -3.20. The van der Waals surface area contributed by atoms with Crippen molar-refractivity contribution in [2.45, 2.75) is 6.04 Å². The quantitative estimate of drug-likeness (QED) is 0.702. The fourth-order valence-corrected chi connectivity index (χ4v) is 3.07. The summed E-state index contributed by atoms with van der Waals surface area (Å²) in [6, 6.07) is -1.09. The Morgan fingerprint density at radius 3 is 2.95 bits per heavy atom. The molecular formula is C10H10N6O3S. The van der Waals surface area contributed by atoms with E-state index in [1.165, 1.54) is 18.7 Å². The van der Waals surface area contributed by atoms with Gasteiger partial charge in [-0.25, -0.2) is 28.2 Å². The van der Waals surface area contributed by atoms with Crippen LogP contribution in [-0.2, 0) is 9.84 Å². The zero-order valence-electron chi connectivity index (χ0n) is 10.1. The van der Waals surface area contributed by atoms with Crippen LogP contribution in [0.4, 0.5) is 10.6 Å². The van der Waals surface area contributed by atoms with Crippen LogP contribution in [0.3, 0.4) is 0 Å². The molecule has 0 aliphatic carbocycles. The van der Waals surface area contributed by atoms with Gasteiger partial charge in [0.25, 0.3) is 0 Å². The van der Waals surface area contributed by atoms with Crippen molar-refractivity contribution in [1.29, 1.82) is 0 Å². The molecule has 3 rings (SSSR count). The van der Waals surface area contributed by atoms with Crippen LogP contribution < -0.4 is 10.6 Å². The summed E-state index contributed by atoms with van der Waals surface area (Å²) in [5, 5.41) is 6.15. The van der Waals surface area contributed by atoms with Gasteiger partial charge < -0.3 is 10.3 Å². The van der Waals surface area contributed by atoms with E-state index in [0.717, 1.165) is 5.41 Å². The molecule has 0 unspecified atom stereocenters. The molecular weight excluding hydrogens is 284 g/mol. The van der Waals surface area contributed by atoms with E-state index in [-0.39, 0.29) is 11.6 Å². The molecule has 1 aliphatic rings. The number of hydrogen-bond acceptors (Lipinski definition) is 6. The average molecular weight is 294 g/mol. The van der Waals surface area contributed by atoms with Crippen molar-refractivity contribution in [3.8, 4) is 0 Å². The molecule has 0 saturated heterocycles. The molecule has 1 atom stereocenters. The Labute approximate surface area is 113 Å². The molecule has 0 radical (unpaired) electrons. The van der Waals surface area contributed by atoms with Crippen molar-refractivity contribution in [3.05, 3.63) is 24.1 Å². The van der Waals surface area contributed by atoms with Crippen LogP contribution in [0.5, 0.6) is 0 Å². The fraction of sp³-hybridized carbons (Fsp3) is 0.200. The van der Waals surface area contributed by atoms with Gasteiger partial charge in [0, 0.05) is 5.41 Å². The highest BCUT2D eigenvalue weighted by atomic mass is 32.2. The summed E-state index contributed by atoms with van der Waals surface area (Å²) in [7, 11) is -3.20. The molecule has 20 heavy (non-hydrogen) atoms. The second-order valence-electron chi connectivity index (χ2n) is 4.19. The van der Waals surface area contributed by atoms with Gasteiger partial charge in [0.2, 0.25) is 0 Å². The summed E-state index contributed by atoms with van der Waals surface area (Å²) < 4.78 is 22.5. The molecule has 10 heteroatoms. The number of aromatic amines is 1. The number of H-pyrrole nitrogens is 1. The molecule has 2 amide bonds. The number of rotatable bonds is 2. The van der Waals surface area contributed by atoms with E-state index < -0.39 is 21.9 Å². The summed E-state index contributed by atoms with van der Waals surface area (Å²) in [6.07, 6.45) is 4.15.